The van der Waals surface area contributed by atoms with Gasteiger partial charge in [0.15, 0.2) is 5.58 Å². The average Bonchev–Trinajstić information content (AvgIpc) is 2.81. The number of piperidine rings is 1. The van der Waals surface area contributed by atoms with Crippen molar-refractivity contribution >= 4 is 11.0 Å². The second kappa shape index (κ2) is 4.69. The summed E-state index contributed by atoms with van der Waals surface area (Å²) in [6.07, 6.45) is 2.13. The second-order valence-electron chi connectivity index (χ2n) is 4.82. The lowest BCUT2D eigenvalue weighted by Gasteiger charge is -2.29. The van der Waals surface area contributed by atoms with E-state index in [2.05, 4.69) is 17.0 Å². The van der Waals surface area contributed by atoms with E-state index in [1.165, 1.54) is 12.1 Å². The summed E-state index contributed by atoms with van der Waals surface area (Å²) in [7, 11) is 0. The molecule has 0 unspecified atom stereocenters. The van der Waals surface area contributed by atoms with Gasteiger partial charge in [0.05, 0.1) is 5.69 Å². The summed E-state index contributed by atoms with van der Waals surface area (Å²) < 4.78 is 18.3. The number of likely N-dealkylation sites (tertiary alicyclic amines) is 1. The van der Waals surface area contributed by atoms with Crippen LogP contribution in [0.3, 0.4) is 0 Å². The third-order valence-electron chi connectivity index (χ3n) is 3.75. The molecule has 0 atom stereocenters. The molecule has 3 rings (SSSR count). The van der Waals surface area contributed by atoms with Gasteiger partial charge in [0, 0.05) is 17.4 Å². The molecule has 1 aliphatic rings. The van der Waals surface area contributed by atoms with Crippen LogP contribution in [0.5, 0.6) is 0 Å². The van der Waals surface area contributed by atoms with Gasteiger partial charge in [-0.25, -0.2) is 4.39 Å². The normalized spacial score (nSPS) is 18.6. The fourth-order valence-corrected chi connectivity index (χ4v) is 2.66. The molecule has 1 saturated heterocycles. The van der Waals surface area contributed by atoms with Gasteiger partial charge in [-0.15, -0.1) is 0 Å². The van der Waals surface area contributed by atoms with E-state index >= 15 is 0 Å². The molecule has 4 heteroatoms. The number of nitrogens with zero attached hydrogens (tertiary/aromatic N) is 2. The predicted molar refractivity (Wildman–Crippen MR) is 67.7 cm³/mol. The molecule has 95 valence electrons. The van der Waals surface area contributed by atoms with Gasteiger partial charge in [0.2, 0.25) is 0 Å². The number of benzene rings is 1. The second-order valence-corrected chi connectivity index (χ2v) is 4.82. The molecule has 18 heavy (non-hydrogen) atoms. The summed E-state index contributed by atoms with van der Waals surface area (Å²) in [6, 6.07) is 4.63. The van der Waals surface area contributed by atoms with Crippen LogP contribution in [0.4, 0.5) is 4.39 Å². The lowest BCUT2D eigenvalue weighted by atomic mass is 9.91. The number of halogens is 1. The Bertz CT molecular complexity index is 544. The summed E-state index contributed by atoms with van der Waals surface area (Å²) in [5, 5.41) is 5.08. The lowest BCUT2D eigenvalue weighted by Crippen LogP contribution is -2.32. The van der Waals surface area contributed by atoms with Crippen molar-refractivity contribution in [1.82, 2.24) is 10.1 Å². The van der Waals surface area contributed by atoms with Crippen LogP contribution in [0.1, 0.15) is 24.5 Å². The molecular formula is C14H16FN2O. The number of fused-ring (bicyclic) bond motifs is 1. The van der Waals surface area contributed by atoms with E-state index in [9.17, 15) is 4.39 Å². The Morgan fingerprint density at radius 1 is 1.39 bits per heavy atom. The first kappa shape index (κ1) is 11.7. The highest BCUT2D eigenvalue weighted by Crippen LogP contribution is 2.32. The molecule has 0 N–H and O–H groups in total. The monoisotopic (exact) mass is 247 g/mol. The van der Waals surface area contributed by atoms with Crippen LogP contribution in [0.2, 0.25) is 0 Å². The fraction of sp³-hybridized carbons (Fsp3) is 0.429. The third kappa shape index (κ3) is 2.01. The molecule has 0 aliphatic carbocycles. The van der Waals surface area contributed by atoms with Crippen LogP contribution in [0, 0.1) is 12.7 Å². The third-order valence-corrected chi connectivity index (χ3v) is 3.75. The van der Waals surface area contributed by atoms with Crippen LogP contribution in [-0.4, -0.2) is 29.7 Å². The fourth-order valence-electron chi connectivity index (χ4n) is 2.66. The van der Waals surface area contributed by atoms with E-state index in [1.54, 1.807) is 6.07 Å². The highest BCUT2D eigenvalue weighted by atomic mass is 19.1. The zero-order valence-electron chi connectivity index (χ0n) is 10.2. The Balaban J connectivity index is 1.87. The molecule has 1 radical (unpaired) electrons. The van der Waals surface area contributed by atoms with E-state index in [0.717, 1.165) is 43.6 Å². The van der Waals surface area contributed by atoms with Crippen molar-refractivity contribution in [2.45, 2.75) is 18.8 Å². The van der Waals surface area contributed by atoms with Crippen LogP contribution in [-0.2, 0) is 0 Å². The van der Waals surface area contributed by atoms with Gasteiger partial charge in [-0.2, -0.15) is 0 Å². The van der Waals surface area contributed by atoms with E-state index in [-0.39, 0.29) is 5.82 Å². The molecule has 0 bridgehead atoms. The topological polar surface area (TPSA) is 29.3 Å². The minimum Gasteiger partial charge on any atom is -0.356 e. The van der Waals surface area contributed by atoms with Crippen molar-refractivity contribution in [3.63, 3.8) is 0 Å². The van der Waals surface area contributed by atoms with Gasteiger partial charge in [0.25, 0.3) is 0 Å². The van der Waals surface area contributed by atoms with E-state index in [4.69, 9.17) is 4.52 Å². The van der Waals surface area contributed by atoms with Crippen molar-refractivity contribution in [1.29, 1.82) is 0 Å². The summed E-state index contributed by atoms with van der Waals surface area (Å²) in [6.45, 7) is 6.86. The highest BCUT2D eigenvalue weighted by molar-refractivity contribution is 5.79. The van der Waals surface area contributed by atoms with Gasteiger partial charge in [-0.1, -0.05) is 5.16 Å². The summed E-state index contributed by atoms with van der Waals surface area (Å²) in [4.78, 5) is 2.33. The lowest BCUT2D eigenvalue weighted by molar-refractivity contribution is 0.228. The minimum absolute atomic E-state index is 0.280. The molecular weight excluding hydrogens is 231 g/mol. The minimum atomic E-state index is -0.280. The Labute approximate surface area is 106 Å². The Morgan fingerprint density at radius 2 is 2.17 bits per heavy atom. The van der Waals surface area contributed by atoms with Gasteiger partial charge in [-0.05, 0) is 51.5 Å². The standard InChI is InChI=1S/C14H16FN2O/c1-2-17-7-5-10(6-8-17)14-12-4-3-11(15)9-13(12)18-16-14/h3-4,9-10H,1-2,5-8H2. The number of aromatic nitrogens is 1. The molecule has 0 amide bonds. The Kier molecular flexibility index (Phi) is 3.04. The van der Waals surface area contributed by atoms with Crippen LogP contribution < -0.4 is 0 Å². The van der Waals surface area contributed by atoms with Crippen LogP contribution >= 0.6 is 0 Å². The molecule has 0 spiro atoms. The smallest absolute Gasteiger partial charge is 0.170 e. The maximum atomic E-state index is 13.1. The van der Waals surface area contributed by atoms with Gasteiger partial charge < -0.3 is 9.42 Å². The first-order valence-electron chi connectivity index (χ1n) is 6.34. The van der Waals surface area contributed by atoms with Crippen molar-refractivity contribution in [2.75, 3.05) is 19.6 Å². The van der Waals surface area contributed by atoms with Crippen molar-refractivity contribution in [2.24, 2.45) is 0 Å². The zero-order chi connectivity index (χ0) is 12.5. The van der Waals surface area contributed by atoms with Crippen LogP contribution in [0.25, 0.3) is 11.0 Å². The largest absolute Gasteiger partial charge is 0.356 e. The summed E-state index contributed by atoms with van der Waals surface area (Å²) in [5.74, 6) is 0.136. The molecule has 1 aromatic heterocycles. The predicted octanol–water partition coefficient (Wildman–Crippen LogP) is 2.98. The maximum Gasteiger partial charge on any atom is 0.170 e. The van der Waals surface area contributed by atoms with Crippen LogP contribution in [0.15, 0.2) is 22.7 Å². The first-order chi connectivity index (χ1) is 8.78. The van der Waals surface area contributed by atoms with Crippen molar-refractivity contribution in [3.8, 4) is 0 Å². The average molecular weight is 247 g/mol. The maximum absolute atomic E-state index is 13.1. The van der Waals surface area contributed by atoms with Gasteiger partial charge in [-0.3, -0.25) is 0 Å². The summed E-state index contributed by atoms with van der Waals surface area (Å²) in [5.41, 5.74) is 1.53. The molecule has 3 nitrogen and oxygen atoms in total. The zero-order valence-corrected chi connectivity index (χ0v) is 10.2. The molecule has 1 aromatic carbocycles. The van der Waals surface area contributed by atoms with Crippen molar-refractivity contribution in [3.05, 3.63) is 36.6 Å². The number of hydrogen-bond donors (Lipinski definition) is 0. The molecule has 1 aliphatic heterocycles. The number of rotatable bonds is 2. The SMILES string of the molecule is [CH2]CN1CCC(c2noc3cc(F)ccc23)CC1. The van der Waals surface area contributed by atoms with Gasteiger partial charge in [0.1, 0.15) is 5.82 Å². The van der Waals surface area contributed by atoms with Gasteiger partial charge >= 0.3 is 0 Å². The summed E-state index contributed by atoms with van der Waals surface area (Å²) >= 11 is 0. The quantitative estimate of drug-likeness (QED) is 0.817. The molecule has 2 heterocycles. The van der Waals surface area contributed by atoms with E-state index in [0.29, 0.717) is 11.5 Å². The molecule has 0 saturated carbocycles. The molecule has 2 aromatic rings. The van der Waals surface area contributed by atoms with E-state index < -0.39 is 0 Å². The van der Waals surface area contributed by atoms with Crippen molar-refractivity contribution < 1.29 is 8.91 Å². The Hall–Kier alpha value is -1.42. The first-order valence-corrected chi connectivity index (χ1v) is 6.34. The Morgan fingerprint density at radius 3 is 2.89 bits per heavy atom. The number of hydrogen-bond acceptors (Lipinski definition) is 3. The molecule has 1 fully saturated rings. The van der Waals surface area contributed by atoms with E-state index in [1.807, 2.05) is 0 Å². The highest BCUT2D eigenvalue weighted by Gasteiger charge is 2.24.